The SMILES string of the molecule is CO[C@@H]1C[C@@H](c2ncn[nH]2)N(c2ncc(Br)cc2F)C1. The quantitative estimate of drug-likeness (QED) is 0.925. The van der Waals surface area contributed by atoms with Crippen molar-refractivity contribution in [3.05, 3.63) is 34.7 Å². The number of pyridine rings is 1. The summed E-state index contributed by atoms with van der Waals surface area (Å²) in [5.74, 6) is 0.614. The van der Waals surface area contributed by atoms with Crippen LogP contribution in [0.15, 0.2) is 23.1 Å². The Balaban J connectivity index is 1.96. The molecule has 0 unspecified atom stereocenters. The fraction of sp³-hybridized carbons (Fsp3) is 0.417. The zero-order chi connectivity index (χ0) is 14.1. The molecule has 0 bridgehead atoms. The number of nitrogens with zero attached hydrogens (tertiary/aromatic N) is 4. The van der Waals surface area contributed by atoms with Crippen molar-refractivity contribution in [1.82, 2.24) is 20.2 Å². The van der Waals surface area contributed by atoms with Crippen LogP contribution >= 0.6 is 15.9 Å². The van der Waals surface area contributed by atoms with Gasteiger partial charge in [-0.15, -0.1) is 0 Å². The molecule has 2 atom stereocenters. The monoisotopic (exact) mass is 341 g/mol. The first kappa shape index (κ1) is 13.4. The number of aromatic amines is 1. The molecule has 106 valence electrons. The number of methoxy groups -OCH3 is 1. The van der Waals surface area contributed by atoms with Gasteiger partial charge in [0.25, 0.3) is 0 Å². The first-order chi connectivity index (χ1) is 9.69. The molecule has 0 radical (unpaired) electrons. The lowest BCUT2D eigenvalue weighted by molar-refractivity contribution is 0.118. The van der Waals surface area contributed by atoms with Gasteiger partial charge in [-0.05, 0) is 22.0 Å². The number of halogens is 2. The summed E-state index contributed by atoms with van der Waals surface area (Å²) in [5, 5.41) is 6.69. The van der Waals surface area contributed by atoms with Crippen LogP contribution in [0.4, 0.5) is 10.2 Å². The van der Waals surface area contributed by atoms with Gasteiger partial charge in [0.2, 0.25) is 0 Å². The van der Waals surface area contributed by atoms with Crippen LogP contribution in [0.25, 0.3) is 0 Å². The zero-order valence-electron chi connectivity index (χ0n) is 10.8. The fourth-order valence-corrected chi connectivity index (χ4v) is 2.76. The summed E-state index contributed by atoms with van der Waals surface area (Å²) in [6.45, 7) is 0.563. The van der Waals surface area contributed by atoms with Crippen LogP contribution in [-0.4, -0.2) is 39.9 Å². The lowest BCUT2D eigenvalue weighted by atomic mass is 10.2. The van der Waals surface area contributed by atoms with Gasteiger partial charge < -0.3 is 9.64 Å². The molecule has 8 heteroatoms. The van der Waals surface area contributed by atoms with E-state index in [4.69, 9.17) is 4.74 Å². The molecule has 6 nitrogen and oxygen atoms in total. The first-order valence-corrected chi connectivity index (χ1v) is 6.94. The standard InChI is InChI=1S/C12H13BrFN5O/c1-20-8-3-10(11-16-6-17-18-11)19(5-8)12-9(14)2-7(13)4-15-12/h2,4,6,8,10H,3,5H2,1H3,(H,16,17,18)/t8-,10+/m1/s1. The Labute approximate surface area is 123 Å². The zero-order valence-corrected chi connectivity index (χ0v) is 12.3. The van der Waals surface area contributed by atoms with Gasteiger partial charge >= 0.3 is 0 Å². The Hall–Kier alpha value is -1.54. The maximum absolute atomic E-state index is 14.1. The number of nitrogens with one attached hydrogen (secondary N) is 1. The maximum atomic E-state index is 14.1. The lowest BCUT2D eigenvalue weighted by Gasteiger charge is -2.24. The Kier molecular flexibility index (Phi) is 3.66. The Bertz CT molecular complexity index is 594. The second-order valence-corrected chi connectivity index (χ2v) is 5.51. The normalized spacial score (nSPS) is 22.4. The van der Waals surface area contributed by atoms with Crippen LogP contribution in [-0.2, 0) is 4.74 Å². The Morgan fingerprint density at radius 1 is 1.50 bits per heavy atom. The molecular formula is C12H13BrFN5O. The van der Waals surface area contributed by atoms with Crippen LogP contribution in [0.5, 0.6) is 0 Å². The number of aromatic nitrogens is 4. The highest BCUT2D eigenvalue weighted by Gasteiger charge is 2.37. The molecule has 1 aliphatic heterocycles. The van der Waals surface area contributed by atoms with Crippen LogP contribution in [0.3, 0.4) is 0 Å². The van der Waals surface area contributed by atoms with E-state index in [-0.39, 0.29) is 18.0 Å². The molecule has 0 aliphatic carbocycles. The van der Waals surface area contributed by atoms with Crippen LogP contribution < -0.4 is 4.90 Å². The van der Waals surface area contributed by atoms with Gasteiger partial charge in [-0.3, -0.25) is 5.10 Å². The predicted molar refractivity (Wildman–Crippen MR) is 73.8 cm³/mol. The van der Waals surface area contributed by atoms with Gasteiger partial charge in [-0.25, -0.2) is 14.4 Å². The summed E-state index contributed by atoms with van der Waals surface area (Å²) in [6, 6.07) is 1.28. The Morgan fingerprint density at radius 2 is 2.35 bits per heavy atom. The molecule has 0 aromatic carbocycles. The third-order valence-corrected chi connectivity index (χ3v) is 3.84. The van der Waals surface area contributed by atoms with Crippen molar-refractivity contribution >= 4 is 21.7 Å². The molecule has 2 aromatic rings. The molecule has 1 N–H and O–H groups in total. The summed E-state index contributed by atoms with van der Waals surface area (Å²) < 4.78 is 20.1. The molecule has 1 aliphatic rings. The molecule has 3 rings (SSSR count). The number of H-pyrrole nitrogens is 1. The van der Waals surface area contributed by atoms with E-state index in [0.717, 1.165) is 0 Å². The van der Waals surface area contributed by atoms with Crippen molar-refractivity contribution in [2.45, 2.75) is 18.6 Å². The van der Waals surface area contributed by atoms with Gasteiger partial charge in [0.1, 0.15) is 12.2 Å². The average molecular weight is 342 g/mol. The van der Waals surface area contributed by atoms with Crippen LogP contribution in [0.1, 0.15) is 18.3 Å². The molecule has 3 heterocycles. The molecule has 0 spiro atoms. The number of hydrogen-bond acceptors (Lipinski definition) is 5. The third kappa shape index (κ3) is 2.40. The predicted octanol–water partition coefficient (Wildman–Crippen LogP) is 2.07. The molecule has 0 saturated carbocycles. The van der Waals surface area contributed by atoms with Crippen molar-refractivity contribution in [2.75, 3.05) is 18.6 Å². The van der Waals surface area contributed by atoms with E-state index in [1.807, 2.05) is 4.90 Å². The Morgan fingerprint density at radius 3 is 3.00 bits per heavy atom. The second kappa shape index (κ2) is 5.45. The highest BCUT2D eigenvalue weighted by Crippen LogP contribution is 2.36. The molecule has 0 amide bonds. The van der Waals surface area contributed by atoms with Crippen molar-refractivity contribution < 1.29 is 9.13 Å². The van der Waals surface area contributed by atoms with Gasteiger partial charge in [-0.2, -0.15) is 5.10 Å². The van der Waals surface area contributed by atoms with Gasteiger partial charge in [0.05, 0.1) is 12.1 Å². The maximum Gasteiger partial charge on any atom is 0.166 e. The van der Waals surface area contributed by atoms with Gasteiger partial charge in [-0.1, -0.05) is 0 Å². The summed E-state index contributed by atoms with van der Waals surface area (Å²) in [6.07, 6.45) is 3.74. The third-order valence-electron chi connectivity index (χ3n) is 3.41. The minimum absolute atomic E-state index is 0.00921. The smallest absolute Gasteiger partial charge is 0.166 e. The lowest BCUT2D eigenvalue weighted by Crippen LogP contribution is -2.27. The van der Waals surface area contributed by atoms with Crippen molar-refractivity contribution in [3.63, 3.8) is 0 Å². The van der Waals surface area contributed by atoms with Crippen molar-refractivity contribution in [2.24, 2.45) is 0 Å². The van der Waals surface area contributed by atoms with E-state index in [1.165, 1.54) is 12.4 Å². The summed E-state index contributed by atoms with van der Waals surface area (Å²) in [5.41, 5.74) is 0. The molecule has 20 heavy (non-hydrogen) atoms. The van der Waals surface area contributed by atoms with E-state index in [0.29, 0.717) is 29.1 Å². The number of ether oxygens (including phenoxy) is 1. The minimum Gasteiger partial charge on any atom is -0.380 e. The number of anilines is 1. The van der Waals surface area contributed by atoms with Gasteiger partial charge in [0.15, 0.2) is 11.6 Å². The highest BCUT2D eigenvalue weighted by atomic mass is 79.9. The molecule has 1 saturated heterocycles. The summed E-state index contributed by atoms with van der Waals surface area (Å²) in [7, 11) is 1.65. The number of hydrogen-bond donors (Lipinski definition) is 1. The fourth-order valence-electron chi connectivity index (χ4n) is 2.46. The van der Waals surface area contributed by atoms with E-state index < -0.39 is 0 Å². The average Bonchev–Trinajstić information content (AvgIpc) is 3.07. The first-order valence-electron chi connectivity index (χ1n) is 6.14. The van der Waals surface area contributed by atoms with E-state index in [9.17, 15) is 4.39 Å². The second-order valence-electron chi connectivity index (χ2n) is 4.59. The van der Waals surface area contributed by atoms with E-state index in [1.54, 1.807) is 13.3 Å². The van der Waals surface area contributed by atoms with E-state index >= 15 is 0 Å². The van der Waals surface area contributed by atoms with Crippen molar-refractivity contribution in [1.29, 1.82) is 0 Å². The summed E-state index contributed by atoms with van der Waals surface area (Å²) >= 11 is 3.21. The molecule has 2 aromatic heterocycles. The highest BCUT2D eigenvalue weighted by molar-refractivity contribution is 9.10. The number of rotatable bonds is 3. The summed E-state index contributed by atoms with van der Waals surface area (Å²) in [4.78, 5) is 10.2. The molecule has 1 fully saturated rings. The van der Waals surface area contributed by atoms with Gasteiger partial charge in [0, 0.05) is 30.7 Å². The minimum atomic E-state index is -0.374. The molecular weight excluding hydrogens is 329 g/mol. The van der Waals surface area contributed by atoms with Crippen LogP contribution in [0.2, 0.25) is 0 Å². The topological polar surface area (TPSA) is 66.9 Å². The van der Waals surface area contributed by atoms with E-state index in [2.05, 4.69) is 36.1 Å². The van der Waals surface area contributed by atoms with Crippen molar-refractivity contribution in [3.8, 4) is 0 Å². The van der Waals surface area contributed by atoms with Crippen LogP contribution in [0, 0.1) is 5.82 Å². The largest absolute Gasteiger partial charge is 0.380 e.